The molecule has 0 aromatic heterocycles. The number of aliphatic imine (C=N–C) groups is 1. The highest BCUT2D eigenvalue weighted by molar-refractivity contribution is 8.06. The van der Waals surface area contributed by atoms with Crippen molar-refractivity contribution in [1.29, 1.82) is 0 Å². The van der Waals surface area contributed by atoms with Gasteiger partial charge in [0.25, 0.3) is 0 Å². The minimum absolute atomic E-state index is 0.608. The molecular weight excluding hydrogens is 436 g/mol. The van der Waals surface area contributed by atoms with E-state index in [1.54, 1.807) is 12.2 Å². The predicted octanol–water partition coefficient (Wildman–Crippen LogP) is 7.53. The lowest BCUT2D eigenvalue weighted by atomic mass is 10.1. The monoisotopic (exact) mass is 474 g/mol. The summed E-state index contributed by atoms with van der Waals surface area (Å²) in [6, 6.07) is 8.16. The number of rotatable bonds is 8. The molecule has 0 unspecified atom stereocenters. The van der Waals surface area contributed by atoms with E-state index in [0.717, 1.165) is 28.5 Å². The molecule has 1 aromatic carbocycles. The van der Waals surface area contributed by atoms with Crippen molar-refractivity contribution in [2.45, 2.75) is 27.7 Å². The molecule has 0 aliphatic carbocycles. The van der Waals surface area contributed by atoms with Crippen LogP contribution in [0.15, 0.2) is 125 Å². The molecule has 0 saturated carbocycles. The molecule has 1 aliphatic rings. The summed E-state index contributed by atoms with van der Waals surface area (Å²) in [5, 5.41) is 3.99. The summed E-state index contributed by atoms with van der Waals surface area (Å²) in [6.45, 7) is 16.0. The average molecular weight is 475 g/mol. The molecule has 0 bridgehead atoms. The standard InChI is InChI=1S/C24H30N4S.C5H8/c1-6-12-18(9-4)17-28(5)24-20-15-10-11-16-21(20)26-23(27-24)22(25)29-19(13-7-2)14-8-3;1-3-5-4-2/h6-16,26H,2,17,25H2,1,3-5H3;3-5H,1H2,2H3/b12-6-,14-8-,18-9+,19-13+,23-22-;5-4-. The first-order valence-electron chi connectivity index (χ1n) is 11.3. The van der Waals surface area contributed by atoms with Gasteiger partial charge in [-0.2, -0.15) is 0 Å². The lowest BCUT2D eigenvalue weighted by Crippen LogP contribution is -2.33. The molecule has 1 aliphatic heterocycles. The molecule has 5 heteroatoms. The highest BCUT2D eigenvalue weighted by Crippen LogP contribution is 2.31. The fourth-order valence-corrected chi connectivity index (χ4v) is 3.85. The molecule has 1 heterocycles. The Morgan fingerprint density at radius 1 is 1.06 bits per heavy atom. The molecule has 0 saturated heterocycles. The minimum Gasteiger partial charge on any atom is -0.390 e. The number of fused-ring (bicyclic) bond motifs is 1. The maximum absolute atomic E-state index is 6.43. The summed E-state index contributed by atoms with van der Waals surface area (Å²) >= 11 is 1.47. The number of likely N-dealkylation sites (N-methyl/N-ethyl adjacent to an activating group) is 1. The van der Waals surface area contributed by atoms with Crippen molar-refractivity contribution >= 4 is 23.3 Å². The van der Waals surface area contributed by atoms with E-state index in [4.69, 9.17) is 10.7 Å². The van der Waals surface area contributed by atoms with Crippen LogP contribution in [0.3, 0.4) is 0 Å². The number of benzene rings is 1. The van der Waals surface area contributed by atoms with E-state index in [1.807, 2.05) is 69.4 Å². The lowest BCUT2D eigenvalue weighted by Gasteiger charge is -2.28. The van der Waals surface area contributed by atoms with Crippen LogP contribution < -0.4 is 11.1 Å². The van der Waals surface area contributed by atoms with Gasteiger partial charge in [-0.1, -0.05) is 91.7 Å². The van der Waals surface area contributed by atoms with Crippen molar-refractivity contribution in [2.24, 2.45) is 10.7 Å². The second kappa shape index (κ2) is 16.2. The first kappa shape index (κ1) is 28.6. The normalized spacial score (nSPS) is 15.4. The maximum Gasteiger partial charge on any atom is 0.163 e. The second-order valence-corrected chi connectivity index (χ2v) is 8.32. The SMILES string of the molecule is C=C/C=C(\C=C/C)S/C(N)=C1\N=C(N(C)CC(/C=C\C)=C/C)c2ccccc2N1.C=C/C=C\C. The van der Waals surface area contributed by atoms with Crippen molar-refractivity contribution in [1.82, 2.24) is 4.90 Å². The van der Waals surface area contributed by atoms with Gasteiger partial charge in [0.2, 0.25) is 0 Å². The van der Waals surface area contributed by atoms with Gasteiger partial charge in [0.1, 0.15) is 10.9 Å². The molecule has 4 nitrogen and oxygen atoms in total. The Hall–Kier alpha value is -3.44. The zero-order chi connectivity index (χ0) is 25.3. The van der Waals surface area contributed by atoms with Crippen molar-refractivity contribution < 1.29 is 0 Å². The van der Waals surface area contributed by atoms with E-state index in [2.05, 4.69) is 61.6 Å². The highest BCUT2D eigenvalue weighted by Gasteiger charge is 2.21. The van der Waals surface area contributed by atoms with Gasteiger partial charge in [0.05, 0.1) is 5.69 Å². The minimum atomic E-state index is 0.608. The summed E-state index contributed by atoms with van der Waals surface area (Å²) in [5.41, 5.74) is 9.71. The lowest BCUT2D eigenvalue weighted by molar-refractivity contribution is 0.553. The van der Waals surface area contributed by atoms with Gasteiger partial charge < -0.3 is 16.0 Å². The third kappa shape index (κ3) is 9.20. The van der Waals surface area contributed by atoms with Crippen molar-refractivity contribution in [3.63, 3.8) is 0 Å². The first-order valence-corrected chi connectivity index (χ1v) is 12.1. The Morgan fingerprint density at radius 2 is 1.76 bits per heavy atom. The Bertz CT molecular complexity index is 1040. The van der Waals surface area contributed by atoms with Crippen LogP contribution in [-0.4, -0.2) is 24.3 Å². The molecule has 3 N–H and O–H groups in total. The van der Waals surface area contributed by atoms with Crippen LogP contribution in [0.1, 0.15) is 33.3 Å². The van der Waals surface area contributed by atoms with Crippen LogP contribution in [0.2, 0.25) is 0 Å². The van der Waals surface area contributed by atoms with Gasteiger partial charge in [-0.3, -0.25) is 0 Å². The number of thioether (sulfide) groups is 1. The van der Waals surface area contributed by atoms with Gasteiger partial charge in [-0.15, -0.1) is 0 Å². The number of anilines is 1. The zero-order valence-corrected chi connectivity index (χ0v) is 21.9. The third-order valence-electron chi connectivity index (χ3n) is 4.57. The van der Waals surface area contributed by atoms with E-state index in [0.29, 0.717) is 10.9 Å². The topological polar surface area (TPSA) is 53.6 Å². The summed E-state index contributed by atoms with van der Waals surface area (Å²) in [7, 11) is 2.05. The molecule has 0 spiro atoms. The predicted molar refractivity (Wildman–Crippen MR) is 155 cm³/mol. The number of para-hydroxylation sites is 1. The Labute approximate surface area is 210 Å². The number of nitrogens with zero attached hydrogens (tertiary/aromatic N) is 2. The van der Waals surface area contributed by atoms with Gasteiger partial charge in [-0.25, -0.2) is 4.99 Å². The smallest absolute Gasteiger partial charge is 0.163 e. The molecule has 180 valence electrons. The van der Waals surface area contributed by atoms with E-state index < -0.39 is 0 Å². The van der Waals surface area contributed by atoms with Crippen LogP contribution in [-0.2, 0) is 0 Å². The fraction of sp³-hybridized carbons (Fsp3) is 0.207. The van der Waals surface area contributed by atoms with Crippen LogP contribution in [0, 0.1) is 0 Å². The summed E-state index contributed by atoms with van der Waals surface area (Å²) in [4.78, 5) is 8.04. The Balaban J connectivity index is 0.00000104. The molecular formula is C29H38N4S. The zero-order valence-electron chi connectivity index (χ0n) is 21.1. The summed E-state index contributed by atoms with van der Waals surface area (Å²) in [6.07, 6.45) is 19.5. The van der Waals surface area contributed by atoms with Gasteiger partial charge >= 0.3 is 0 Å². The molecule has 1 aromatic rings. The molecule has 2 rings (SSSR count). The third-order valence-corrected chi connectivity index (χ3v) is 5.50. The number of allylic oxidation sites excluding steroid dienone is 9. The van der Waals surface area contributed by atoms with Crippen LogP contribution in [0.5, 0.6) is 0 Å². The number of nitrogens with one attached hydrogen (secondary N) is 1. The van der Waals surface area contributed by atoms with E-state index >= 15 is 0 Å². The maximum atomic E-state index is 6.43. The van der Waals surface area contributed by atoms with E-state index in [-0.39, 0.29) is 0 Å². The van der Waals surface area contributed by atoms with Crippen molar-refractivity contribution in [3.05, 3.63) is 125 Å². The molecule has 0 amide bonds. The second-order valence-electron chi connectivity index (χ2n) is 7.21. The fourth-order valence-electron chi connectivity index (χ4n) is 3.03. The van der Waals surface area contributed by atoms with Crippen LogP contribution in [0.25, 0.3) is 0 Å². The van der Waals surface area contributed by atoms with E-state index in [1.165, 1.54) is 17.3 Å². The van der Waals surface area contributed by atoms with Crippen LogP contribution >= 0.6 is 11.8 Å². The highest BCUT2D eigenvalue weighted by atomic mass is 32.2. The number of hydrogen-bond donors (Lipinski definition) is 2. The van der Waals surface area contributed by atoms with Crippen molar-refractivity contribution in [3.8, 4) is 0 Å². The van der Waals surface area contributed by atoms with E-state index in [9.17, 15) is 0 Å². The number of hydrogen-bond acceptors (Lipinski definition) is 5. The van der Waals surface area contributed by atoms with Crippen molar-refractivity contribution in [2.75, 3.05) is 18.9 Å². The molecule has 0 fully saturated rings. The quantitative estimate of drug-likeness (QED) is 0.382. The number of nitrogens with two attached hydrogens (primary N) is 1. The molecule has 0 atom stereocenters. The van der Waals surface area contributed by atoms with Gasteiger partial charge in [0, 0.05) is 24.1 Å². The number of amidine groups is 1. The Morgan fingerprint density at radius 3 is 2.32 bits per heavy atom. The molecule has 34 heavy (non-hydrogen) atoms. The van der Waals surface area contributed by atoms with Gasteiger partial charge in [-0.05, 0) is 51.5 Å². The largest absolute Gasteiger partial charge is 0.390 e. The molecule has 0 radical (unpaired) electrons. The summed E-state index contributed by atoms with van der Waals surface area (Å²) in [5.74, 6) is 1.55. The Kier molecular flexibility index (Phi) is 13.6. The van der Waals surface area contributed by atoms with Gasteiger partial charge in [0.15, 0.2) is 5.82 Å². The van der Waals surface area contributed by atoms with Crippen LogP contribution in [0.4, 0.5) is 5.69 Å². The first-order chi connectivity index (χ1) is 16.4. The summed E-state index contributed by atoms with van der Waals surface area (Å²) < 4.78 is 0. The average Bonchev–Trinajstić information content (AvgIpc) is 2.84.